The van der Waals surface area contributed by atoms with Gasteiger partial charge in [0, 0.05) is 43.7 Å². The number of hydrogen-bond acceptors (Lipinski definition) is 7. The van der Waals surface area contributed by atoms with E-state index < -0.39 is 0 Å². The van der Waals surface area contributed by atoms with E-state index in [-0.39, 0.29) is 0 Å². The Kier molecular flexibility index (Phi) is 4.66. The minimum Gasteiger partial charge on any atom is -0.497 e. The highest BCUT2D eigenvalue weighted by atomic mass is 16.5. The van der Waals surface area contributed by atoms with Crippen molar-refractivity contribution in [2.45, 2.75) is 32.9 Å². The summed E-state index contributed by atoms with van der Waals surface area (Å²) in [6, 6.07) is 7.95. The lowest BCUT2D eigenvalue weighted by atomic mass is 10.0. The lowest BCUT2D eigenvalue weighted by molar-refractivity contribution is 0.228. The molecule has 0 saturated heterocycles. The van der Waals surface area contributed by atoms with Gasteiger partial charge < -0.3 is 9.26 Å². The zero-order valence-corrected chi connectivity index (χ0v) is 15.1. The summed E-state index contributed by atoms with van der Waals surface area (Å²) in [5.74, 6) is 2.67. The molecule has 8 nitrogen and oxygen atoms in total. The molecule has 4 rings (SSSR count). The average Bonchev–Trinajstić information content (AvgIpc) is 3.28. The van der Waals surface area contributed by atoms with Crippen LogP contribution in [0.4, 0.5) is 0 Å². The van der Waals surface area contributed by atoms with Crippen molar-refractivity contribution in [3.63, 3.8) is 0 Å². The van der Waals surface area contributed by atoms with Crippen molar-refractivity contribution in [2.24, 2.45) is 0 Å². The monoisotopic (exact) mass is 354 g/mol. The Morgan fingerprint density at radius 3 is 3.00 bits per heavy atom. The molecule has 0 atom stereocenters. The number of aromatic nitrogens is 5. The minimum absolute atomic E-state index is 0.823. The van der Waals surface area contributed by atoms with E-state index in [4.69, 9.17) is 9.26 Å². The number of aryl methyl sites for hydroxylation is 2. The first-order valence-corrected chi connectivity index (χ1v) is 8.81. The van der Waals surface area contributed by atoms with Crippen molar-refractivity contribution < 1.29 is 9.26 Å². The highest BCUT2D eigenvalue weighted by Crippen LogP contribution is 2.31. The minimum atomic E-state index is 0.823. The van der Waals surface area contributed by atoms with E-state index in [0.29, 0.717) is 0 Å². The van der Waals surface area contributed by atoms with Crippen molar-refractivity contribution in [1.29, 1.82) is 0 Å². The fourth-order valence-electron chi connectivity index (χ4n) is 3.35. The Morgan fingerprint density at radius 2 is 2.19 bits per heavy atom. The highest BCUT2D eigenvalue weighted by molar-refractivity contribution is 5.65. The van der Waals surface area contributed by atoms with Crippen molar-refractivity contribution in [3.05, 3.63) is 41.4 Å². The predicted molar refractivity (Wildman–Crippen MR) is 94.6 cm³/mol. The van der Waals surface area contributed by atoms with Crippen molar-refractivity contribution in [2.75, 3.05) is 20.2 Å². The molecule has 0 bridgehead atoms. The Morgan fingerprint density at radius 1 is 1.27 bits per heavy atom. The Bertz CT molecular complexity index is 887. The van der Waals surface area contributed by atoms with Crippen LogP contribution in [0.25, 0.3) is 11.3 Å². The van der Waals surface area contributed by atoms with E-state index in [1.807, 2.05) is 35.9 Å². The fraction of sp³-hybridized carbons (Fsp3) is 0.444. The van der Waals surface area contributed by atoms with Gasteiger partial charge >= 0.3 is 0 Å². The number of tetrazole rings is 1. The summed E-state index contributed by atoms with van der Waals surface area (Å²) in [6.45, 7) is 5.56. The molecular weight excluding hydrogens is 332 g/mol. The summed E-state index contributed by atoms with van der Waals surface area (Å²) in [7, 11) is 1.67. The second kappa shape index (κ2) is 7.25. The van der Waals surface area contributed by atoms with E-state index in [9.17, 15) is 0 Å². The summed E-state index contributed by atoms with van der Waals surface area (Å²) in [6.07, 6.45) is 1.89. The van der Waals surface area contributed by atoms with E-state index in [2.05, 4.69) is 25.6 Å². The lowest BCUT2D eigenvalue weighted by Gasteiger charge is -2.26. The van der Waals surface area contributed by atoms with Gasteiger partial charge in [-0.2, -0.15) is 0 Å². The second-order valence-electron chi connectivity index (χ2n) is 6.49. The third-order valence-corrected chi connectivity index (χ3v) is 4.80. The first-order valence-electron chi connectivity index (χ1n) is 8.81. The molecule has 0 unspecified atom stereocenters. The van der Waals surface area contributed by atoms with Gasteiger partial charge in [-0.05, 0) is 35.9 Å². The number of rotatable bonds is 6. The maximum absolute atomic E-state index is 5.59. The molecule has 0 spiro atoms. The number of benzene rings is 1. The average molecular weight is 354 g/mol. The summed E-state index contributed by atoms with van der Waals surface area (Å²) in [5.41, 5.74) is 3.13. The summed E-state index contributed by atoms with van der Waals surface area (Å²) < 4.78 is 12.8. The van der Waals surface area contributed by atoms with Gasteiger partial charge in [-0.15, -0.1) is 5.10 Å². The quantitative estimate of drug-likeness (QED) is 0.670. The predicted octanol–water partition coefficient (Wildman–Crippen LogP) is 2.09. The van der Waals surface area contributed by atoms with Crippen LogP contribution in [-0.4, -0.2) is 50.5 Å². The summed E-state index contributed by atoms with van der Waals surface area (Å²) in [5, 5.41) is 15.9. The largest absolute Gasteiger partial charge is 0.497 e. The molecule has 2 aromatic heterocycles. The maximum atomic E-state index is 5.59. The normalized spacial score (nSPS) is 14.4. The van der Waals surface area contributed by atoms with Crippen molar-refractivity contribution in [1.82, 2.24) is 30.3 Å². The van der Waals surface area contributed by atoms with Crippen LogP contribution in [0.3, 0.4) is 0 Å². The van der Waals surface area contributed by atoms with E-state index in [1.54, 1.807) is 7.11 Å². The third kappa shape index (κ3) is 3.32. The van der Waals surface area contributed by atoms with Crippen LogP contribution in [0.15, 0.2) is 28.8 Å². The molecule has 1 aromatic carbocycles. The van der Waals surface area contributed by atoms with E-state index in [1.165, 1.54) is 5.56 Å². The van der Waals surface area contributed by atoms with Crippen LogP contribution in [0, 0.1) is 6.92 Å². The molecule has 1 aliphatic rings. The van der Waals surface area contributed by atoms with E-state index >= 15 is 0 Å². The molecular formula is C18H22N6O2. The van der Waals surface area contributed by atoms with Crippen LogP contribution < -0.4 is 4.74 Å². The van der Waals surface area contributed by atoms with Crippen molar-refractivity contribution >= 4 is 0 Å². The van der Waals surface area contributed by atoms with Gasteiger partial charge in [0.05, 0.1) is 7.11 Å². The molecule has 0 N–H and O–H groups in total. The molecule has 3 aromatic rings. The Balaban J connectivity index is 1.44. The molecule has 0 aliphatic carbocycles. The zero-order chi connectivity index (χ0) is 17.9. The van der Waals surface area contributed by atoms with Crippen LogP contribution in [0.1, 0.15) is 23.6 Å². The molecule has 136 valence electrons. The second-order valence-corrected chi connectivity index (χ2v) is 6.49. The zero-order valence-electron chi connectivity index (χ0n) is 15.1. The van der Waals surface area contributed by atoms with Crippen LogP contribution in [-0.2, 0) is 19.5 Å². The smallest absolute Gasteiger partial charge is 0.148 e. The molecule has 8 heteroatoms. The third-order valence-electron chi connectivity index (χ3n) is 4.80. The number of hydrogen-bond donors (Lipinski definition) is 0. The van der Waals surface area contributed by atoms with Gasteiger partial charge in [-0.3, -0.25) is 4.90 Å². The molecule has 1 aliphatic heterocycles. The lowest BCUT2D eigenvalue weighted by Crippen LogP contribution is -2.31. The first-order chi connectivity index (χ1) is 12.7. The Hall–Kier alpha value is -2.74. The van der Waals surface area contributed by atoms with Crippen LogP contribution in [0.5, 0.6) is 5.75 Å². The van der Waals surface area contributed by atoms with Gasteiger partial charge in [0.2, 0.25) is 0 Å². The standard InChI is InChI=1S/C18H22N6O2/c1-13-19-21-22-24(13)9-4-8-23-10-7-17-16(12-23)18(20-26-17)14-5-3-6-15(11-14)25-2/h3,5-6,11H,4,7-10,12H2,1-2H3. The fourth-order valence-corrected chi connectivity index (χ4v) is 3.35. The van der Waals surface area contributed by atoms with Gasteiger partial charge in [0.1, 0.15) is 23.0 Å². The highest BCUT2D eigenvalue weighted by Gasteiger charge is 2.24. The van der Waals surface area contributed by atoms with Crippen LogP contribution in [0.2, 0.25) is 0 Å². The number of methoxy groups -OCH3 is 1. The molecule has 0 radical (unpaired) electrons. The topological polar surface area (TPSA) is 82.1 Å². The van der Waals surface area contributed by atoms with Gasteiger partial charge in [-0.25, -0.2) is 4.68 Å². The van der Waals surface area contributed by atoms with Gasteiger partial charge in [-0.1, -0.05) is 17.3 Å². The SMILES string of the molecule is COc1cccc(-c2noc3c2CN(CCCn2nnnc2C)CC3)c1. The summed E-state index contributed by atoms with van der Waals surface area (Å²) in [4.78, 5) is 2.43. The number of fused-ring (bicyclic) bond motifs is 1. The van der Waals surface area contributed by atoms with Crippen molar-refractivity contribution in [3.8, 4) is 17.0 Å². The number of nitrogens with zero attached hydrogens (tertiary/aromatic N) is 6. The van der Waals surface area contributed by atoms with Crippen LogP contribution >= 0.6 is 0 Å². The molecule has 26 heavy (non-hydrogen) atoms. The van der Waals surface area contributed by atoms with E-state index in [0.717, 1.165) is 67.6 Å². The molecule has 0 saturated carbocycles. The maximum Gasteiger partial charge on any atom is 0.148 e. The molecule has 3 heterocycles. The van der Waals surface area contributed by atoms with Gasteiger partial charge in [0.25, 0.3) is 0 Å². The van der Waals surface area contributed by atoms with Gasteiger partial charge in [0.15, 0.2) is 0 Å². The number of ether oxygens (including phenoxy) is 1. The Labute approximate surface area is 151 Å². The molecule has 0 fully saturated rings. The molecule has 0 amide bonds. The summed E-state index contributed by atoms with van der Waals surface area (Å²) >= 11 is 0. The first kappa shape index (κ1) is 16.7.